The molecule has 0 saturated carbocycles. The maximum absolute atomic E-state index is 10.8. The highest BCUT2D eigenvalue weighted by Crippen LogP contribution is 2.34. The summed E-state index contributed by atoms with van der Waals surface area (Å²) in [4.78, 5) is 14.7. The zero-order chi connectivity index (χ0) is 22.2. The van der Waals surface area contributed by atoms with Crippen LogP contribution < -0.4 is 9.47 Å². The van der Waals surface area contributed by atoms with Gasteiger partial charge in [-0.15, -0.1) is 6.58 Å². The molecule has 31 heavy (non-hydrogen) atoms. The highest BCUT2D eigenvalue weighted by Gasteiger charge is 2.13. The number of hydrogen-bond donors (Lipinski definition) is 0. The number of hydrogen-bond acceptors (Lipinski definition) is 5. The number of halogens is 1. The summed E-state index contributed by atoms with van der Waals surface area (Å²) < 4.78 is 11.6. The van der Waals surface area contributed by atoms with Crippen molar-refractivity contribution in [2.75, 3.05) is 7.11 Å². The quantitative estimate of drug-likeness (QED) is 0.170. The molecule has 7 heteroatoms. The summed E-state index contributed by atoms with van der Waals surface area (Å²) in [5.41, 5.74) is 3.29. The molecule has 3 aromatic rings. The first-order chi connectivity index (χ1) is 15.0. The summed E-state index contributed by atoms with van der Waals surface area (Å²) >= 11 is 6.05. The van der Waals surface area contributed by atoms with Gasteiger partial charge >= 0.3 is 0 Å². The van der Waals surface area contributed by atoms with Gasteiger partial charge in [0.1, 0.15) is 6.61 Å². The van der Waals surface area contributed by atoms with E-state index >= 15 is 0 Å². The van der Waals surface area contributed by atoms with E-state index in [1.54, 1.807) is 31.5 Å². The van der Waals surface area contributed by atoms with Gasteiger partial charge in [-0.2, -0.15) is 0 Å². The maximum atomic E-state index is 10.8. The van der Waals surface area contributed by atoms with Crippen molar-refractivity contribution < 1.29 is 14.4 Å². The molecule has 0 heterocycles. The molecular weight excluding hydrogens is 416 g/mol. The third-order valence-corrected chi connectivity index (χ3v) is 4.67. The van der Waals surface area contributed by atoms with Crippen molar-refractivity contribution in [1.29, 1.82) is 0 Å². The summed E-state index contributed by atoms with van der Waals surface area (Å²) in [5.74, 6) is 1.21. The van der Waals surface area contributed by atoms with Crippen LogP contribution in [0.3, 0.4) is 0 Å². The first-order valence-corrected chi connectivity index (χ1v) is 9.85. The number of ether oxygens (including phenoxy) is 2. The number of benzene rings is 3. The molecule has 0 aromatic heterocycles. The molecule has 0 spiro atoms. The van der Waals surface area contributed by atoms with Crippen molar-refractivity contribution in [3.05, 3.63) is 105 Å². The molecule has 3 aromatic carbocycles. The molecule has 0 amide bonds. The van der Waals surface area contributed by atoms with Crippen LogP contribution in [0, 0.1) is 10.1 Å². The molecule has 0 unspecified atom stereocenters. The van der Waals surface area contributed by atoms with Crippen LogP contribution in [0.2, 0.25) is 5.02 Å². The topological polar surface area (TPSA) is 74.0 Å². The molecule has 0 N–H and O–H groups in total. The fourth-order valence-corrected chi connectivity index (χ4v) is 3.19. The Morgan fingerprint density at radius 2 is 1.94 bits per heavy atom. The minimum absolute atomic E-state index is 0.0232. The largest absolute Gasteiger partial charge is 0.493 e. The molecule has 3 rings (SSSR count). The van der Waals surface area contributed by atoms with Crippen LogP contribution in [0.5, 0.6) is 11.5 Å². The van der Waals surface area contributed by atoms with E-state index in [9.17, 15) is 10.1 Å². The second-order valence-electron chi connectivity index (χ2n) is 6.65. The zero-order valence-corrected chi connectivity index (χ0v) is 17.7. The Hall–Kier alpha value is -3.64. The fraction of sp³-hybridized carbons (Fsp3) is 0.125. The van der Waals surface area contributed by atoms with Crippen molar-refractivity contribution >= 4 is 29.2 Å². The van der Waals surface area contributed by atoms with Crippen molar-refractivity contribution in [2.24, 2.45) is 4.99 Å². The lowest BCUT2D eigenvalue weighted by atomic mass is 10.1. The van der Waals surface area contributed by atoms with Crippen LogP contribution in [-0.2, 0) is 13.0 Å². The summed E-state index contributed by atoms with van der Waals surface area (Å²) in [6.07, 6.45) is 4.05. The van der Waals surface area contributed by atoms with Crippen LogP contribution in [-0.4, -0.2) is 18.2 Å². The molecule has 0 atom stereocenters. The molecule has 6 nitrogen and oxygen atoms in total. The van der Waals surface area contributed by atoms with Gasteiger partial charge in [0.2, 0.25) is 0 Å². The minimum atomic E-state index is -0.442. The number of nitro groups is 1. The maximum Gasteiger partial charge on any atom is 0.269 e. The second kappa shape index (κ2) is 10.4. The van der Waals surface area contributed by atoms with E-state index in [-0.39, 0.29) is 5.69 Å². The lowest BCUT2D eigenvalue weighted by Crippen LogP contribution is -2.02. The van der Waals surface area contributed by atoms with Gasteiger partial charge in [0.15, 0.2) is 11.5 Å². The molecule has 0 aliphatic heterocycles. The smallest absolute Gasteiger partial charge is 0.269 e. The van der Waals surface area contributed by atoms with E-state index < -0.39 is 4.92 Å². The van der Waals surface area contributed by atoms with Crippen molar-refractivity contribution in [3.63, 3.8) is 0 Å². The fourth-order valence-electron chi connectivity index (χ4n) is 2.97. The number of aliphatic imine (C=N–C) groups is 1. The summed E-state index contributed by atoms with van der Waals surface area (Å²) in [5, 5.41) is 11.4. The monoisotopic (exact) mass is 436 g/mol. The predicted molar refractivity (Wildman–Crippen MR) is 123 cm³/mol. The van der Waals surface area contributed by atoms with E-state index in [4.69, 9.17) is 21.1 Å². The van der Waals surface area contributed by atoms with Gasteiger partial charge in [0.05, 0.1) is 17.7 Å². The number of methoxy groups -OCH3 is 1. The van der Waals surface area contributed by atoms with E-state index in [1.165, 1.54) is 12.1 Å². The molecule has 0 aliphatic rings. The number of nitro benzene ring substituents is 1. The normalized spacial score (nSPS) is 10.8. The third kappa shape index (κ3) is 5.93. The van der Waals surface area contributed by atoms with Crippen LogP contribution in [0.4, 0.5) is 11.4 Å². The van der Waals surface area contributed by atoms with Crippen molar-refractivity contribution in [1.82, 2.24) is 0 Å². The van der Waals surface area contributed by atoms with Crippen molar-refractivity contribution in [2.45, 2.75) is 13.0 Å². The molecule has 0 saturated heterocycles. The van der Waals surface area contributed by atoms with Gasteiger partial charge in [-0.25, -0.2) is 0 Å². The molecule has 0 aliphatic carbocycles. The van der Waals surface area contributed by atoms with Crippen molar-refractivity contribution in [3.8, 4) is 11.5 Å². The molecule has 0 bridgehead atoms. The number of nitrogens with zero attached hydrogens (tertiary/aromatic N) is 2. The third-order valence-electron chi connectivity index (χ3n) is 4.43. The average molecular weight is 437 g/mol. The lowest BCUT2D eigenvalue weighted by Gasteiger charge is -2.16. The molecule has 0 fully saturated rings. The Morgan fingerprint density at radius 1 is 1.16 bits per heavy atom. The Morgan fingerprint density at radius 3 is 2.58 bits per heavy atom. The number of non-ortho nitro benzene ring substituents is 1. The number of allylic oxidation sites excluding steroid dienone is 1. The van der Waals surface area contributed by atoms with Crippen LogP contribution in [0.25, 0.3) is 0 Å². The Labute approximate surface area is 185 Å². The van der Waals surface area contributed by atoms with Gasteiger partial charge in [-0.05, 0) is 53.9 Å². The number of rotatable bonds is 9. The van der Waals surface area contributed by atoms with Gasteiger partial charge in [-0.1, -0.05) is 29.8 Å². The molecule has 0 radical (unpaired) electrons. The van der Waals surface area contributed by atoms with E-state index in [1.807, 2.05) is 36.4 Å². The Balaban J connectivity index is 1.86. The Bertz CT molecular complexity index is 1110. The highest BCUT2D eigenvalue weighted by molar-refractivity contribution is 6.30. The lowest BCUT2D eigenvalue weighted by molar-refractivity contribution is -0.384. The zero-order valence-electron chi connectivity index (χ0n) is 17.0. The van der Waals surface area contributed by atoms with Gasteiger partial charge in [0.25, 0.3) is 5.69 Å². The predicted octanol–water partition coefficient (Wildman–Crippen LogP) is 6.31. The minimum Gasteiger partial charge on any atom is -0.493 e. The standard InChI is InChI=1S/C24H21ClN2O4/c1-3-5-19-12-18(15-26-21-8-10-22(11-9-21)27(28)29)14-23(30-2)24(19)31-16-17-6-4-7-20(25)13-17/h3-4,6-15H,1,5,16H2,2H3. The second-order valence-corrected chi connectivity index (χ2v) is 7.09. The Kier molecular flexibility index (Phi) is 7.40. The molecule has 158 valence electrons. The summed E-state index contributed by atoms with van der Waals surface area (Å²) in [6, 6.07) is 17.3. The van der Waals surface area contributed by atoms with Gasteiger partial charge in [0, 0.05) is 28.9 Å². The van der Waals surface area contributed by atoms with Crippen LogP contribution in [0.1, 0.15) is 16.7 Å². The summed E-state index contributed by atoms with van der Waals surface area (Å²) in [6.45, 7) is 4.17. The van der Waals surface area contributed by atoms with E-state index in [0.717, 1.165) is 16.7 Å². The van der Waals surface area contributed by atoms with E-state index in [2.05, 4.69) is 11.6 Å². The van der Waals surface area contributed by atoms with Gasteiger partial charge in [-0.3, -0.25) is 15.1 Å². The summed E-state index contributed by atoms with van der Waals surface area (Å²) in [7, 11) is 1.58. The average Bonchev–Trinajstić information content (AvgIpc) is 2.77. The first-order valence-electron chi connectivity index (χ1n) is 9.47. The van der Waals surface area contributed by atoms with Crippen LogP contribution >= 0.6 is 11.6 Å². The first kappa shape index (κ1) is 22.1. The van der Waals surface area contributed by atoms with Crippen LogP contribution in [0.15, 0.2) is 78.3 Å². The van der Waals surface area contributed by atoms with E-state index in [0.29, 0.717) is 35.2 Å². The van der Waals surface area contributed by atoms with Gasteiger partial charge < -0.3 is 9.47 Å². The molecular formula is C24H21ClN2O4. The highest BCUT2D eigenvalue weighted by atomic mass is 35.5. The SMILES string of the molecule is C=CCc1cc(C=Nc2ccc([N+](=O)[O-])cc2)cc(OC)c1OCc1cccc(Cl)c1.